The van der Waals surface area contributed by atoms with Gasteiger partial charge < -0.3 is 11.1 Å². The first-order chi connectivity index (χ1) is 11.5. The lowest BCUT2D eigenvalue weighted by molar-refractivity contribution is -0.384. The monoisotopic (exact) mass is 329 g/mol. The normalized spacial score (nSPS) is 16.0. The van der Waals surface area contributed by atoms with Gasteiger partial charge in [-0.2, -0.15) is 5.10 Å². The van der Waals surface area contributed by atoms with Crippen LogP contribution in [0.25, 0.3) is 5.69 Å². The largest absolute Gasteiger partial charge is 0.344 e. The lowest BCUT2D eigenvalue weighted by Crippen LogP contribution is -2.51. The highest BCUT2D eigenvalue weighted by Crippen LogP contribution is 2.28. The second-order valence-electron chi connectivity index (χ2n) is 6.06. The molecular formula is C16H19N5O3. The Morgan fingerprint density at radius 1 is 1.29 bits per heavy atom. The van der Waals surface area contributed by atoms with Crippen LogP contribution in [0.5, 0.6) is 0 Å². The van der Waals surface area contributed by atoms with E-state index in [0.717, 1.165) is 25.7 Å². The maximum absolute atomic E-state index is 12.4. The number of nitrogens with two attached hydrogens (primary N) is 1. The molecule has 1 fully saturated rings. The van der Waals surface area contributed by atoms with Gasteiger partial charge in [0.1, 0.15) is 0 Å². The molecule has 1 aliphatic rings. The van der Waals surface area contributed by atoms with Gasteiger partial charge in [0.15, 0.2) is 5.69 Å². The van der Waals surface area contributed by atoms with Crippen molar-refractivity contribution < 1.29 is 9.72 Å². The van der Waals surface area contributed by atoms with Crippen molar-refractivity contribution in [1.82, 2.24) is 15.1 Å². The molecule has 0 aliphatic heterocycles. The van der Waals surface area contributed by atoms with Crippen LogP contribution in [-0.2, 0) is 0 Å². The Morgan fingerprint density at radius 3 is 2.54 bits per heavy atom. The molecule has 3 rings (SSSR count). The van der Waals surface area contributed by atoms with Crippen molar-refractivity contribution in [3.05, 3.63) is 52.3 Å². The summed E-state index contributed by atoms with van der Waals surface area (Å²) in [5.41, 5.74) is 6.47. The molecule has 8 nitrogen and oxygen atoms in total. The van der Waals surface area contributed by atoms with Crippen LogP contribution in [-0.4, -0.2) is 32.7 Å². The predicted octanol–water partition coefficient (Wildman–Crippen LogP) is 1.78. The van der Waals surface area contributed by atoms with Crippen LogP contribution in [0.2, 0.25) is 0 Å². The van der Waals surface area contributed by atoms with Gasteiger partial charge in [-0.3, -0.25) is 14.9 Å². The van der Waals surface area contributed by atoms with E-state index in [2.05, 4.69) is 10.4 Å². The number of non-ortho nitro benzene ring substituents is 1. The molecule has 0 saturated heterocycles. The van der Waals surface area contributed by atoms with E-state index in [0.29, 0.717) is 17.9 Å². The van der Waals surface area contributed by atoms with Crippen molar-refractivity contribution >= 4 is 11.6 Å². The lowest BCUT2D eigenvalue weighted by Gasteiger charge is -2.28. The van der Waals surface area contributed by atoms with Crippen LogP contribution in [0.15, 0.2) is 36.5 Å². The van der Waals surface area contributed by atoms with Crippen molar-refractivity contribution in [3.8, 4) is 5.69 Å². The zero-order valence-electron chi connectivity index (χ0n) is 13.1. The number of carbonyl (C=O) groups excluding carboxylic acids is 1. The minimum Gasteiger partial charge on any atom is -0.344 e. The van der Waals surface area contributed by atoms with Gasteiger partial charge in [-0.25, -0.2) is 4.68 Å². The first-order valence-corrected chi connectivity index (χ1v) is 7.86. The number of nitro benzene ring substituents is 1. The highest BCUT2D eigenvalue weighted by atomic mass is 16.6. The molecule has 0 bridgehead atoms. The summed E-state index contributed by atoms with van der Waals surface area (Å²) in [6, 6.07) is 7.60. The second kappa shape index (κ2) is 6.40. The molecule has 1 aromatic carbocycles. The van der Waals surface area contributed by atoms with Crippen LogP contribution >= 0.6 is 0 Å². The minimum atomic E-state index is -0.459. The maximum Gasteiger partial charge on any atom is 0.272 e. The van der Waals surface area contributed by atoms with Crippen molar-refractivity contribution in [2.45, 2.75) is 31.2 Å². The third-order valence-electron chi connectivity index (χ3n) is 4.48. The molecule has 0 unspecified atom stereocenters. The number of carbonyl (C=O) groups is 1. The molecular weight excluding hydrogens is 310 g/mol. The van der Waals surface area contributed by atoms with Crippen molar-refractivity contribution in [2.24, 2.45) is 5.73 Å². The van der Waals surface area contributed by atoms with Crippen molar-refractivity contribution in [1.29, 1.82) is 0 Å². The molecule has 0 atom stereocenters. The van der Waals surface area contributed by atoms with Crippen LogP contribution in [0.3, 0.4) is 0 Å². The average molecular weight is 329 g/mol. The molecule has 3 N–H and O–H groups in total. The fourth-order valence-corrected chi connectivity index (χ4v) is 3.05. The molecule has 1 saturated carbocycles. The Morgan fingerprint density at radius 2 is 1.96 bits per heavy atom. The van der Waals surface area contributed by atoms with Crippen LogP contribution in [0, 0.1) is 10.1 Å². The number of amides is 1. The Labute approximate surface area is 138 Å². The zero-order valence-corrected chi connectivity index (χ0v) is 13.1. The Hall–Kier alpha value is -2.74. The summed E-state index contributed by atoms with van der Waals surface area (Å²) in [6.07, 6.45) is 5.56. The highest BCUT2D eigenvalue weighted by molar-refractivity contribution is 5.92. The van der Waals surface area contributed by atoms with E-state index in [-0.39, 0.29) is 17.1 Å². The maximum atomic E-state index is 12.4. The van der Waals surface area contributed by atoms with Gasteiger partial charge in [0.2, 0.25) is 0 Å². The zero-order chi connectivity index (χ0) is 17.2. The van der Waals surface area contributed by atoms with Crippen molar-refractivity contribution in [3.63, 3.8) is 0 Å². The molecule has 24 heavy (non-hydrogen) atoms. The predicted molar refractivity (Wildman–Crippen MR) is 87.9 cm³/mol. The van der Waals surface area contributed by atoms with Gasteiger partial charge in [-0.1, -0.05) is 12.8 Å². The first-order valence-electron chi connectivity index (χ1n) is 7.86. The van der Waals surface area contributed by atoms with Gasteiger partial charge in [0.25, 0.3) is 11.6 Å². The molecule has 1 amide bonds. The van der Waals surface area contributed by atoms with Gasteiger partial charge in [-0.15, -0.1) is 0 Å². The summed E-state index contributed by atoms with van der Waals surface area (Å²) < 4.78 is 1.52. The standard InChI is InChI=1S/C16H19N5O3/c17-11-16(8-1-2-9-16)18-15(22)14-7-10-20(19-14)12-3-5-13(6-4-12)21(23)24/h3-7,10H,1-2,8-9,11,17H2,(H,18,22). The average Bonchev–Trinajstić information content (AvgIpc) is 3.25. The molecule has 1 aliphatic carbocycles. The summed E-state index contributed by atoms with van der Waals surface area (Å²) >= 11 is 0. The van der Waals surface area contributed by atoms with E-state index in [4.69, 9.17) is 5.73 Å². The number of hydrogen-bond donors (Lipinski definition) is 2. The Kier molecular flexibility index (Phi) is 4.30. The van der Waals surface area contributed by atoms with E-state index in [1.165, 1.54) is 16.8 Å². The van der Waals surface area contributed by atoms with E-state index in [9.17, 15) is 14.9 Å². The van der Waals surface area contributed by atoms with Crippen LogP contribution in [0.4, 0.5) is 5.69 Å². The number of aromatic nitrogens is 2. The van der Waals surface area contributed by atoms with E-state index >= 15 is 0 Å². The molecule has 8 heteroatoms. The van der Waals surface area contributed by atoms with Gasteiger partial charge in [-0.05, 0) is 31.0 Å². The smallest absolute Gasteiger partial charge is 0.272 e. The number of rotatable bonds is 5. The highest BCUT2D eigenvalue weighted by Gasteiger charge is 2.34. The van der Waals surface area contributed by atoms with Crippen molar-refractivity contribution in [2.75, 3.05) is 6.54 Å². The van der Waals surface area contributed by atoms with Gasteiger partial charge in [0, 0.05) is 24.9 Å². The minimum absolute atomic E-state index is 0.00925. The third-order valence-corrected chi connectivity index (χ3v) is 4.48. The lowest BCUT2D eigenvalue weighted by atomic mass is 9.97. The summed E-state index contributed by atoms with van der Waals surface area (Å²) in [7, 11) is 0. The number of nitro groups is 1. The molecule has 0 spiro atoms. The van der Waals surface area contributed by atoms with E-state index in [1.807, 2.05) is 0 Å². The molecule has 1 heterocycles. The number of benzene rings is 1. The van der Waals surface area contributed by atoms with E-state index < -0.39 is 4.92 Å². The molecule has 2 aromatic rings. The number of nitrogens with one attached hydrogen (secondary N) is 1. The summed E-state index contributed by atoms with van der Waals surface area (Å²) in [6.45, 7) is 0.418. The summed E-state index contributed by atoms with van der Waals surface area (Å²) in [5, 5.41) is 18.0. The summed E-state index contributed by atoms with van der Waals surface area (Å²) in [4.78, 5) is 22.6. The summed E-state index contributed by atoms with van der Waals surface area (Å²) in [5.74, 6) is -0.247. The molecule has 0 radical (unpaired) electrons. The first kappa shape index (κ1) is 16.1. The molecule has 126 valence electrons. The Bertz CT molecular complexity index is 747. The van der Waals surface area contributed by atoms with Gasteiger partial charge >= 0.3 is 0 Å². The quantitative estimate of drug-likeness (QED) is 0.640. The Balaban J connectivity index is 1.75. The topological polar surface area (TPSA) is 116 Å². The fraction of sp³-hybridized carbons (Fsp3) is 0.375. The number of nitrogens with zero attached hydrogens (tertiary/aromatic N) is 3. The SMILES string of the molecule is NCC1(NC(=O)c2ccn(-c3ccc([N+](=O)[O-])cc3)n2)CCCC1. The van der Waals surface area contributed by atoms with Gasteiger partial charge in [0.05, 0.1) is 16.1 Å². The molecule has 1 aromatic heterocycles. The fourth-order valence-electron chi connectivity index (χ4n) is 3.05. The van der Waals surface area contributed by atoms with Crippen LogP contribution in [0.1, 0.15) is 36.2 Å². The second-order valence-corrected chi connectivity index (χ2v) is 6.06. The van der Waals surface area contributed by atoms with E-state index in [1.54, 1.807) is 24.4 Å². The number of hydrogen-bond acceptors (Lipinski definition) is 5. The van der Waals surface area contributed by atoms with Crippen LogP contribution < -0.4 is 11.1 Å². The third kappa shape index (κ3) is 3.13.